The van der Waals surface area contributed by atoms with Crippen molar-refractivity contribution in [1.82, 2.24) is 29.9 Å². The molecule has 0 spiro atoms. The van der Waals surface area contributed by atoms with Crippen molar-refractivity contribution in [3.8, 4) is 5.69 Å². The van der Waals surface area contributed by atoms with Crippen LogP contribution in [0.1, 0.15) is 29.8 Å². The van der Waals surface area contributed by atoms with Crippen molar-refractivity contribution in [3.63, 3.8) is 0 Å². The van der Waals surface area contributed by atoms with Gasteiger partial charge >= 0.3 is 0 Å². The van der Waals surface area contributed by atoms with Crippen molar-refractivity contribution in [2.75, 3.05) is 31.1 Å². The van der Waals surface area contributed by atoms with Gasteiger partial charge in [-0.2, -0.15) is 0 Å². The Morgan fingerprint density at radius 1 is 0.865 bits per heavy atom. The Morgan fingerprint density at radius 3 is 2.65 bits per heavy atom. The van der Waals surface area contributed by atoms with E-state index in [-0.39, 0.29) is 0 Å². The maximum atomic E-state index is 6.16. The van der Waals surface area contributed by atoms with Gasteiger partial charge in [-0.05, 0) is 61.6 Å². The van der Waals surface area contributed by atoms with E-state index in [0.29, 0.717) is 5.02 Å². The summed E-state index contributed by atoms with van der Waals surface area (Å²) in [5.74, 6) is 0. The summed E-state index contributed by atoms with van der Waals surface area (Å²) in [5.41, 5.74) is 8.12. The number of rotatable bonds is 4. The summed E-state index contributed by atoms with van der Waals surface area (Å²) in [6.07, 6.45) is 8.56. The van der Waals surface area contributed by atoms with E-state index in [4.69, 9.17) is 16.6 Å². The highest BCUT2D eigenvalue weighted by Gasteiger charge is 2.25. The van der Waals surface area contributed by atoms with E-state index in [0.717, 1.165) is 73.4 Å². The zero-order valence-electron chi connectivity index (χ0n) is 20.6. The number of pyridine rings is 2. The molecule has 1 aliphatic carbocycles. The molecule has 0 amide bonds. The van der Waals surface area contributed by atoms with Crippen molar-refractivity contribution < 1.29 is 0 Å². The number of fused-ring (bicyclic) bond motifs is 3. The summed E-state index contributed by atoms with van der Waals surface area (Å²) in [6, 6.07) is 16.4. The number of halogens is 1. The van der Waals surface area contributed by atoms with Gasteiger partial charge in [-0.25, -0.2) is 4.68 Å². The van der Waals surface area contributed by atoms with Crippen molar-refractivity contribution >= 4 is 39.1 Å². The van der Waals surface area contributed by atoms with Crippen LogP contribution in [0.25, 0.3) is 27.5 Å². The van der Waals surface area contributed by atoms with Gasteiger partial charge in [0.15, 0.2) is 0 Å². The number of para-hydroxylation sites is 1. The third-order valence-electron chi connectivity index (χ3n) is 7.68. The molecular formula is C29H28ClN7. The zero-order chi connectivity index (χ0) is 24.8. The molecule has 0 radical (unpaired) electrons. The molecule has 0 atom stereocenters. The van der Waals surface area contributed by atoms with Crippen LogP contribution in [0.4, 0.5) is 5.69 Å². The monoisotopic (exact) mass is 509 g/mol. The van der Waals surface area contributed by atoms with E-state index in [2.05, 4.69) is 49.4 Å². The molecule has 0 unspecified atom stereocenters. The molecular weight excluding hydrogens is 482 g/mol. The third kappa shape index (κ3) is 4.22. The predicted octanol–water partition coefficient (Wildman–Crippen LogP) is 5.22. The van der Waals surface area contributed by atoms with Crippen LogP contribution in [0, 0.1) is 0 Å². The third-order valence-corrected chi connectivity index (χ3v) is 7.92. The lowest BCUT2D eigenvalue weighted by atomic mass is 9.92. The first-order valence-corrected chi connectivity index (χ1v) is 13.4. The van der Waals surface area contributed by atoms with Gasteiger partial charge in [0, 0.05) is 60.4 Å². The molecule has 0 saturated carbocycles. The summed E-state index contributed by atoms with van der Waals surface area (Å²) < 4.78 is 1.85. The molecule has 1 saturated heterocycles. The van der Waals surface area contributed by atoms with Gasteiger partial charge in [0.25, 0.3) is 0 Å². The van der Waals surface area contributed by atoms with Crippen molar-refractivity contribution in [2.45, 2.75) is 32.2 Å². The number of benzene rings is 2. The van der Waals surface area contributed by atoms with Crippen LogP contribution in [0.15, 0.2) is 60.9 Å². The first kappa shape index (κ1) is 22.6. The van der Waals surface area contributed by atoms with Crippen LogP contribution in [-0.4, -0.2) is 56.0 Å². The Balaban J connectivity index is 1.09. The van der Waals surface area contributed by atoms with Gasteiger partial charge in [-0.1, -0.05) is 35.0 Å². The highest BCUT2D eigenvalue weighted by Crippen LogP contribution is 2.36. The molecule has 8 heteroatoms. The molecule has 4 heterocycles. The second-order valence-electron chi connectivity index (χ2n) is 10.0. The first-order valence-electron chi connectivity index (χ1n) is 13.1. The Hall–Kier alpha value is -3.55. The number of piperazine rings is 1. The molecule has 0 N–H and O–H groups in total. The van der Waals surface area contributed by atoms with Crippen molar-refractivity contribution in [2.24, 2.45) is 0 Å². The van der Waals surface area contributed by atoms with Crippen LogP contribution < -0.4 is 4.90 Å². The molecule has 1 fully saturated rings. The quantitative estimate of drug-likeness (QED) is 0.331. The number of nitrogens with zero attached hydrogens (tertiary/aromatic N) is 7. The normalized spacial score (nSPS) is 16.4. The Kier molecular flexibility index (Phi) is 5.75. The minimum Gasteiger partial charge on any atom is -0.368 e. The Labute approximate surface area is 220 Å². The maximum Gasteiger partial charge on any atom is 0.0971 e. The topological polar surface area (TPSA) is 63.0 Å². The lowest BCUT2D eigenvalue weighted by Crippen LogP contribution is -2.46. The number of anilines is 1. The Bertz CT molecular complexity index is 1600. The summed E-state index contributed by atoms with van der Waals surface area (Å²) in [6.45, 7) is 4.79. The maximum absolute atomic E-state index is 6.16. The van der Waals surface area contributed by atoms with Gasteiger partial charge in [0.1, 0.15) is 0 Å². The number of aromatic nitrogens is 5. The molecule has 186 valence electrons. The van der Waals surface area contributed by atoms with E-state index in [9.17, 15) is 0 Å². The van der Waals surface area contributed by atoms with Gasteiger partial charge in [0.2, 0.25) is 0 Å². The summed E-state index contributed by atoms with van der Waals surface area (Å²) in [7, 11) is 0. The smallest absolute Gasteiger partial charge is 0.0971 e. The van der Waals surface area contributed by atoms with E-state index in [1.807, 2.05) is 35.1 Å². The van der Waals surface area contributed by atoms with Crippen molar-refractivity contribution in [3.05, 3.63) is 82.9 Å². The van der Waals surface area contributed by atoms with E-state index < -0.39 is 0 Å². The largest absolute Gasteiger partial charge is 0.368 e. The minimum atomic E-state index is 0.677. The molecule has 37 heavy (non-hydrogen) atoms. The van der Waals surface area contributed by atoms with Crippen LogP contribution in [-0.2, 0) is 19.4 Å². The lowest BCUT2D eigenvalue weighted by molar-refractivity contribution is 0.247. The van der Waals surface area contributed by atoms with E-state index >= 15 is 0 Å². The van der Waals surface area contributed by atoms with Crippen LogP contribution in [0.3, 0.4) is 0 Å². The number of aryl methyl sites for hydroxylation is 1. The highest BCUT2D eigenvalue weighted by atomic mass is 35.5. The first-order chi connectivity index (χ1) is 18.2. The van der Waals surface area contributed by atoms with E-state index in [1.54, 1.807) is 6.20 Å². The number of hydrogen-bond acceptors (Lipinski definition) is 6. The average molecular weight is 510 g/mol. The lowest BCUT2D eigenvalue weighted by Gasteiger charge is -2.38. The van der Waals surface area contributed by atoms with Gasteiger partial charge < -0.3 is 4.90 Å². The molecule has 7 rings (SSSR count). The minimum absolute atomic E-state index is 0.677. The summed E-state index contributed by atoms with van der Waals surface area (Å²) in [4.78, 5) is 14.5. The molecule has 5 aromatic rings. The Morgan fingerprint density at radius 2 is 1.73 bits per heavy atom. The van der Waals surface area contributed by atoms with Crippen LogP contribution >= 0.6 is 11.6 Å². The standard InChI is InChI=1S/C29H28ClN7/c30-20-9-10-22-27(17-20)31-12-11-28(22)37-19-21(33-34-37)18-35-13-15-36(16-14-35)29-23-5-1-3-7-25(23)32-26-8-4-2-6-24(26)29/h1,3,5,7,9-12,17,19H,2,4,6,8,13-16,18H2. The van der Waals surface area contributed by atoms with Crippen LogP contribution in [0.5, 0.6) is 0 Å². The van der Waals surface area contributed by atoms with Crippen molar-refractivity contribution in [1.29, 1.82) is 0 Å². The molecule has 2 aliphatic rings. The molecule has 0 bridgehead atoms. The van der Waals surface area contributed by atoms with Gasteiger partial charge in [0.05, 0.1) is 34.3 Å². The summed E-state index contributed by atoms with van der Waals surface area (Å²) >= 11 is 6.16. The average Bonchev–Trinajstić information content (AvgIpc) is 3.40. The second kappa shape index (κ2) is 9.39. The SMILES string of the molecule is Clc1ccc2c(-n3cc(CN4CCN(c5c6c(nc7ccccc57)CCCC6)CC4)nn3)ccnc2c1. The molecule has 3 aromatic heterocycles. The van der Waals surface area contributed by atoms with E-state index in [1.165, 1.54) is 35.2 Å². The second-order valence-corrected chi connectivity index (χ2v) is 10.5. The highest BCUT2D eigenvalue weighted by molar-refractivity contribution is 6.31. The predicted molar refractivity (Wildman–Crippen MR) is 148 cm³/mol. The van der Waals surface area contributed by atoms with Gasteiger partial charge in [-0.3, -0.25) is 14.9 Å². The fourth-order valence-electron chi connectivity index (χ4n) is 5.86. The molecule has 7 nitrogen and oxygen atoms in total. The summed E-state index contributed by atoms with van der Waals surface area (Å²) in [5, 5.41) is 11.9. The molecule has 2 aromatic carbocycles. The van der Waals surface area contributed by atoms with Gasteiger partial charge in [-0.15, -0.1) is 5.10 Å². The fourth-order valence-corrected chi connectivity index (χ4v) is 6.03. The molecule has 1 aliphatic heterocycles. The number of hydrogen-bond donors (Lipinski definition) is 0. The zero-order valence-corrected chi connectivity index (χ0v) is 21.4. The fraction of sp³-hybridized carbons (Fsp3) is 0.310. The van der Waals surface area contributed by atoms with Crippen LogP contribution in [0.2, 0.25) is 5.02 Å².